The monoisotopic (exact) mass is 477 g/mol. The molecule has 0 bridgehead atoms. The second-order valence-corrected chi connectivity index (χ2v) is 12.1. The van der Waals surface area contributed by atoms with E-state index in [2.05, 4.69) is 24.1 Å². The molecule has 2 saturated heterocycles. The maximum atomic E-state index is 13.2. The third-order valence-electron chi connectivity index (χ3n) is 7.13. The molecule has 1 amide bonds. The van der Waals surface area contributed by atoms with Crippen molar-refractivity contribution in [2.45, 2.75) is 63.4 Å². The van der Waals surface area contributed by atoms with Gasteiger partial charge in [0.2, 0.25) is 15.9 Å². The van der Waals surface area contributed by atoms with Crippen LogP contribution in [-0.2, 0) is 32.4 Å². The molecular formula is C25H39N3O4S. The highest BCUT2D eigenvalue weighted by atomic mass is 32.2. The Bertz CT molecular complexity index is 926. The number of benzene rings is 1. The van der Waals surface area contributed by atoms with Gasteiger partial charge < -0.3 is 10.1 Å². The Morgan fingerprint density at radius 3 is 2.58 bits per heavy atom. The van der Waals surface area contributed by atoms with Crippen molar-refractivity contribution in [2.75, 3.05) is 45.9 Å². The molecule has 4 rings (SSSR count). The van der Waals surface area contributed by atoms with Crippen LogP contribution in [0, 0.1) is 11.8 Å². The van der Waals surface area contributed by atoms with Crippen molar-refractivity contribution in [1.29, 1.82) is 0 Å². The van der Waals surface area contributed by atoms with Gasteiger partial charge in [-0.25, -0.2) is 8.42 Å². The lowest BCUT2D eigenvalue weighted by molar-refractivity contribution is -0.127. The van der Waals surface area contributed by atoms with Crippen molar-refractivity contribution >= 4 is 15.9 Å². The minimum Gasteiger partial charge on any atom is -0.374 e. The largest absolute Gasteiger partial charge is 0.374 e. The van der Waals surface area contributed by atoms with Crippen LogP contribution in [0.5, 0.6) is 0 Å². The molecular weight excluding hydrogens is 438 g/mol. The van der Waals surface area contributed by atoms with E-state index in [0.29, 0.717) is 49.9 Å². The summed E-state index contributed by atoms with van der Waals surface area (Å²) in [6, 6.07) is 5.61. The van der Waals surface area contributed by atoms with Gasteiger partial charge >= 0.3 is 0 Å². The molecule has 0 spiro atoms. The smallest absolute Gasteiger partial charge is 0.243 e. The number of carbonyl (C=O) groups is 1. The number of carbonyl (C=O) groups excluding carboxylic acids is 1. The summed E-state index contributed by atoms with van der Waals surface area (Å²) in [5.41, 5.74) is 2.46. The third-order valence-corrected chi connectivity index (χ3v) is 9.03. The first-order valence-electron chi connectivity index (χ1n) is 12.6. The van der Waals surface area contributed by atoms with Crippen LogP contribution in [0.15, 0.2) is 23.1 Å². The summed E-state index contributed by atoms with van der Waals surface area (Å²) in [4.78, 5) is 15.5. The van der Waals surface area contributed by atoms with Crippen molar-refractivity contribution in [3.05, 3.63) is 29.3 Å². The lowest BCUT2D eigenvalue weighted by Gasteiger charge is -2.34. The average molecular weight is 478 g/mol. The van der Waals surface area contributed by atoms with Crippen molar-refractivity contribution in [3.63, 3.8) is 0 Å². The molecule has 7 nitrogen and oxygen atoms in total. The fourth-order valence-corrected chi connectivity index (χ4v) is 6.84. The van der Waals surface area contributed by atoms with Gasteiger partial charge in [-0.15, -0.1) is 0 Å². The maximum absolute atomic E-state index is 13.2. The predicted octanol–water partition coefficient (Wildman–Crippen LogP) is 2.44. The molecule has 0 saturated carbocycles. The van der Waals surface area contributed by atoms with Gasteiger partial charge in [-0.1, -0.05) is 19.9 Å². The molecule has 184 valence electrons. The minimum absolute atomic E-state index is 0.0189. The number of aryl methyl sites for hydroxylation is 2. The number of morpholine rings is 1. The summed E-state index contributed by atoms with van der Waals surface area (Å²) in [6.45, 7) is 9.25. The van der Waals surface area contributed by atoms with Crippen LogP contribution in [-0.4, -0.2) is 75.5 Å². The fourth-order valence-electron chi connectivity index (χ4n) is 5.32. The molecule has 1 aromatic carbocycles. The predicted molar refractivity (Wildman–Crippen MR) is 129 cm³/mol. The Labute approximate surface area is 198 Å². The van der Waals surface area contributed by atoms with E-state index in [1.54, 1.807) is 10.4 Å². The zero-order valence-electron chi connectivity index (χ0n) is 20.1. The van der Waals surface area contributed by atoms with Gasteiger partial charge in [0.25, 0.3) is 0 Å². The van der Waals surface area contributed by atoms with E-state index in [4.69, 9.17) is 4.74 Å². The highest BCUT2D eigenvalue weighted by Gasteiger charge is 2.33. The summed E-state index contributed by atoms with van der Waals surface area (Å²) in [5.74, 6) is 0.488. The summed E-state index contributed by atoms with van der Waals surface area (Å²) in [6.07, 6.45) is 5.43. The Kier molecular flexibility index (Phi) is 8.10. The van der Waals surface area contributed by atoms with E-state index in [9.17, 15) is 13.2 Å². The van der Waals surface area contributed by atoms with Crippen molar-refractivity contribution in [3.8, 4) is 0 Å². The van der Waals surface area contributed by atoms with Gasteiger partial charge in [0, 0.05) is 45.2 Å². The van der Waals surface area contributed by atoms with Gasteiger partial charge in [-0.3, -0.25) is 9.69 Å². The lowest BCUT2D eigenvalue weighted by Crippen LogP contribution is -2.50. The average Bonchev–Trinajstić information content (AvgIpc) is 2.82. The summed E-state index contributed by atoms with van der Waals surface area (Å²) < 4.78 is 33.8. The molecule has 2 fully saturated rings. The zero-order valence-corrected chi connectivity index (χ0v) is 20.9. The highest BCUT2D eigenvalue weighted by Crippen LogP contribution is 2.28. The first-order chi connectivity index (χ1) is 15.8. The van der Waals surface area contributed by atoms with E-state index in [1.807, 2.05) is 12.1 Å². The highest BCUT2D eigenvalue weighted by molar-refractivity contribution is 7.89. The number of rotatable bonds is 7. The van der Waals surface area contributed by atoms with E-state index >= 15 is 0 Å². The number of sulfonamides is 1. The summed E-state index contributed by atoms with van der Waals surface area (Å²) in [7, 11) is -3.51. The van der Waals surface area contributed by atoms with Crippen LogP contribution in [0.3, 0.4) is 0 Å². The molecule has 1 aromatic rings. The number of nitrogens with one attached hydrogen (secondary N) is 1. The normalized spacial score (nSPS) is 23.4. The Hall–Kier alpha value is -1.48. The second kappa shape index (κ2) is 10.8. The molecule has 2 aliphatic heterocycles. The molecule has 1 N–H and O–H groups in total. The van der Waals surface area contributed by atoms with Crippen LogP contribution >= 0.6 is 0 Å². The molecule has 0 unspecified atom stereocenters. The van der Waals surface area contributed by atoms with Gasteiger partial charge in [-0.2, -0.15) is 4.31 Å². The molecule has 1 atom stereocenters. The molecule has 0 radical (unpaired) electrons. The number of fused-ring (bicyclic) bond motifs is 1. The molecule has 8 heteroatoms. The van der Waals surface area contributed by atoms with Crippen LogP contribution < -0.4 is 5.32 Å². The van der Waals surface area contributed by atoms with Crippen LogP contribution in [0.4, 0.5) is 0 Å². The fraction of sp³-hybridized carbons (Fsp3) is 0.720. The number of hydrogen-bond acceptors (Lipinski definition) is 5. The Balaban J connectivity index is 1.26. The van der Waals surface area contributed by atoms with Crippen molar-refractivity contribution in [1.82, 2.24) is 14.5 Å². The quantitative estimate of drug-likeness (QED) is 0.653. The van der Waals surface area contributed by atoms with Crippen LogP contribution in [0.1, 0.15) is 50.7 Å². The summed E-state index contributed by atoms with van der Waals surface area (Å²) in [5, 5.41) is 3.06. The standard InChI is InChI=1S/C25H39N3O4S/c1-19(2)17-27-13-14-32-23(18-27)16-26-25(29)21-9-11-28(12-10-21)33(30,31)24-8-7-20-5-3-4-6-22(20)15-24/h7-8,15,19,21,23H,3-6,9-14,16-18H2,1-2H3,(H,26,29)/t23-/m1/s1. The second-order valence-electron chi connectivity index (χ2n) is 10.2. The first-order valence-corrected chi connectivity index (χ1v) is 14.0. The third kappa shape index (κ3) is 6.15. The van der Waals surface area contributed by atoms with Gasteiger partial charge in [0.15, 0.2) is 0 Å². The van der Waals surface area contributed by atoms with Crippen LogP contribution in [0.2, 0.25) is 0 Å². The van der Waals surface area contributed by atoms with Gasteiger partial charge in [-0.05, 0) is 67.7 Å². The van der Waals surface area contributed by atoms with E-state index in [0.717, 1.165) is 38.9 Å². The maximum Gasteiger partial charge on any atom is 0.243 e. The molecule has 0 aromatic heterocycles. The molecule has 33 heavy (non-hydrogen) atoms. The van der Waals surface area contributed by atoms with Crippen LogP contribution in [0.25, 0.3) is 0 Å². The molecule has 1 aliphatic carbocycles. The SMILES string of the molecule is CC(C)CN1CCO[C@H](CNC(=O)C2CCN(S(=O)(=O)c3ccc4c(c3)CCCC4)CC2)C1. The van der Waals surface area contributed by atoms with E-state index < -0.39 is 10.0 Å². The topological polar surface area (TPSA) is 79.0 Å². The number of ether oxygens (including phenoxy) is 1. The first kappa shape index (κ1) is 24.6. The Morgan fingerprint density at radius 1 is 1.12 bits per heavy atom. The number of amides is 1. The molecule has 2 heterocycles. The number of nitrogens with zero attached hydrogens (tertiary/aromatic N) is 2. The van der Waals surface area contributed by atoms with Gasteiger partial charge in [0.1, 0.15) is 0 Å². The van der Waals surface area contributed by atoms with E-state index in [1.165, 1.54) is 17.5 Å². The van der Waals surface area contributed by atoms with E-state index in [-0.39, 0.29) is 17.9 Å². The Morgan fingerprint density at radius 2 is 1.85 bits per heavy atom. The summed E-state index contributed by atoms with van der Waals surface area (Å²) >= 11 is 0. The van der Waals surface area contributed by atoms with Crippen molar-refractivity contribution in [2.24, 2.45) is 11.8 Å². The van der Waals surface area contributed by atoms with Gasteiger partial charge in [0.05, 0.1) is 17.6 Å². The molecule has 3 aliphatic rings. The zero-order chi connectivity index (χ0) is 23.4. The number of piperidine rings is 1. The van der Waals surface area contributed by atoms with Crippen molar-refractivity contribution < 1.29 is 17.9 Å². The lowest BCUT2D eigenvalue weighted by atomic mass is 9.92. The number of hydrogen-bond donors (Lipinski definition) is 1. The minimum atomic E-state index is -3.51.